The van der Waals surface area contributed by atoms with Crippen LogP contribution in [-0.4, -0.2) is 6.09 Å². The number of amides is 1. The van der Waals surface area contributed by atoms with E-state index in [1.54, 1.807) is 30.3 Å². The molecule has 0 bridgehead atoms. The normalized spacial score (nSPS) is 11.6. The van der Waals surface area contributed by atoms with Gasteiger partial charge in [0.1, 0.15) is 17.4 Å². The quantitative estimate of drug-likeness (QED) is 0.614. The van der Waals surface area contributed by atoms with E-state index < -0.39 is 23.8 Å². The van der Waals surface area contributed by atoms with Crippen LogP contribution in [0, 0.1) is 11.6 Å². The van der Waals surface area contributed by atoms with Crippen LogP contribution in [0.5, 0.6) is 5.75 Å². The van der Waals surface area contributed by atoms with Crippen LogP contribution >= 0.6 is 11.6 Å². The highest BCUT2D eigenvalue weighted by molar-refractivity contribution is 6.30. The van der Waals surface area contributed by atoms with Crippen LogP contribution in [0.3, 0.4) is 0 Å². The Balaban J connectivity index is 2.21. The molecule has 0 unspecified atom stereocenters. The summed E-state index contributed by atoms with van der Waals surface area (Å²) in [5, 5.41) is 2.19. The number of ether oxygens (including phenoxy) is 1. The fourth-order valence-electron chi connectivity index (χ4n) is 2.05. The average Bonchev–Trinajstić information content (AvgIpc) is 2.52. The molecule has 2 rings (SSSR count). The van der Waals surface area contributed by atoms with Gasteiger partial charge >= 0.3 is 6.09 Å². The smallest absolute Gasteiger partial charge is 0.410 e. The van der Waals surface area contributed by atoms with Crippen LogP contribution in [0.2, 0.25) is 5.02 Å². The van der Waals surface area contributed by atoms with Gasteiger partial charge < -0.3 is 10.1 Å². The summed E-state index contributed by atoms with van der Waals surface area (Å²) in [5.41, 5.74) is -0.331. The van der Waals surface area contributed by atoms with Crippen molar-refractivity contribution in [3.05, 3.63) is 77.3 Å². The number of halogens is 3. The Morgan fingerprint density at radius 3 is 2.61 bits per heavy atom. The van der Waals surface area contributed by atoms with Crippen LogP contribution in [0.15, 0.2) is 55.1 Å². The van der Waals surface area contributed by atoms with E-state index in [1.807, 2.05) is 0 Å². The van der Waals surface area contributed by atoms with Crippen molar-refractivity contribution in [2.45, 2.75) is 12.5 Å². The second-order valence-corrected chi connectivity index (χ2v) is 5.09. The van der Waals surface area contributed by atoms with E-state index in [0.29, 0.717) is 5.75 Å². The van der Waals surface area contributed by atoms with E-state index in [4.69, 9.17) is 16.3 Å². The van der Waals surface area contributed by atoms with Crippen molar-refractivity contribution in [3.63, 3.8) is 0 Å². The van der Waals surface area contributed by atoms with Crippen LogP contribution in [0.1, 0.15) is 18.0 Å². The summed E-state index contributed by atoms with van der Waals surface area (Å²) in [6.45, 7) is 3.53. The minimum absolute atomic E-state index is 0.109. The largest absolute Gasteiger partial charge is 0.413 e. The highest BCUT2D eigenvalue weighted by Crippen LogP contribution is 2.28. The van der Waals surface area contributed by atoms with Crippen LogP contribution in [-0.2, 0) is 0 Å². The van der Waals surface area contributed by atoms with Crippen molar-refractivity contribution in [3.8, 4) is 5.75 Å². The first-order chi connectivity index (χ1) is 11.0. The van der Waals surface area contributed by atoms with Gasteiger partial charge in [-0.3, -0.25) is 0 Å². The molecule has 0 spiro atoms. The maximum Gasteiger partial charge on any atom is 0.413 e. The van der Waals surface area contributed by atoms with Gasteiger partial charge in [0.05, 0.1) is 11.1 Å². The van der Waals surface area contributed by atoms with Crippen LogP contribution < -0.4 is 10.1 Å². The van der Waals surface area contributed by atoms with Crippen molar-refractivity contribution in [2.75, 3.05) is 0 Å². The molecule has 0 saturated heterocycles. The molecule has 0 aromatic heterocycles. The van der Waals surface area contributed by atoms with Gasteiger partial charge in [-0.15, -0.1) is 6.58 Å². The van der Waals surface area contributed by atoms with E-state index >= 15 is 0 Å². The number of rotatable bonds is 5. The second-order valence-electron chi connectivity index (χ2n) is 4.68. The predicted molar refractivity (Wildman–Crippen MR) is 84.5 cm³/mol. The maximum atomic E-state index is 14.1. The first kappa shape index (κ1) is 17.0. The minimum atomic E-state index is -0.984. The van der Waals surface area contributed by atoms with Crippen molar-refractivity contribution in [1.82, 2.24) is 5.32 Å². The lowest BCUT2D eigenvalue weighted by Gasteiger charge is -2.19. The zero-order valence-corrected chi connectivity index (χ0v) is 12.8. The van der Waals surface area contributed by atoms with Gasteiger partial charge in [-0.1, -0.05) is 35.9 Å². The highest BCUT2D eigenvalue weighted by Gasteiger charge is 2.23. The number of hydrogen-bond acceptors (Lipinski definition) is 2. The molecule has 2 aromatic rings. The molecule has 2 aromatic carbocycles. The van der Waals surface area contributed by atoms with Gasteiger partial charge in [0.15, 0.2) is 0 Å². The molecule has 1 amide bonds. The first-order valence-electron chi connectivity index (χ1n) is 6.80. The lowest BCUT2D eigenvalue weighted by atomic mass is 10.0. The molecule has 23 heavy (non-hydrogen) atoms. The van der Waals surface area contributed by atoms with Crippen molar-refractivity contribution < 1.29 is 18.3 Å². The van der Waals surface area contributed by atoms with E-state index in [9.17, 15) is 13.6 Å². The topological polar surface area (TPSA) is 38.3 Å². The molecule has 0 aliphatic rings. The molecule has 0 aliphatic heterocycles. The predicted octanol–water partition coefficient (Wildman–Crippen LogP) is 5.02. The Bertz CT molecular complexity index is 707. The van der Waals surface area contributed by atoms with Gasteiger partial charge in [0.2, 0.25) is 0 Å². The first-order valence-corrected chi connectivity index (χ1v) is 7.18. The molecular weight excluding hydrogens is 324 g/mol. The fourth-order valence-corrected chi connectivity index (χ4v) is 2.21. The Hall–Kier alpha value is -2.40. The molecule has 1 atom stereocenters. The number of para-hydroxylation sites is 1. The van der Waals surface area contributed by atoms with Gasteiger partial charge in [-0.2, -0.15) is 0 Å². The monoisotopic (exact) mass is 337 g/mol. The average molecular weight is 338 g/mol. The SMILES string of the molecule is C=CC[C@H](NC(=O)Oc1ccccc1)c1c(F)ccc(Cl)c1F. The van der Waals surface area contributed by atoms with Crippen LogP contribution in [0.25, 0.3) is 0 Å². The number of carbonyl (C=O) groups excluding carboxylic acids is 1. The Morgan fingerprint density at radius 1 is 1.26 bits per heavy atom. The van der Waals surface area contributed by atoms with Crippen molar-refractivity contribution in [2.24, 2.45) is 0 Å². The molecule has 6 heteroatoms. The Labute approximate surface area is 137 Å². The van der Waals surface area contributed by atoms with E-state index in [-0.39, 0.29) is 17.0 Å². The highest BCUT2D eigenvalue weighted by atomic mass is 35.5. The summed E-state index contributed by atoms with van der Waals surface area (Å²) >= 11 is 5.68. The van der Waals surface area contributed by atoms with Crippen molar-refractivity contribution in [1.29, 1.82) is 0 Å². The van der Waals surface area contributed by atoms with Gasteiger partial charge in [0, 0.05) is 5.56 Å². The fraction of sp³-hybridized carbons (Fsp3) is 0.118. The molecule has 120 valence electrons. The molecule has 0 aliphatic carbocycles. The maximum absolute atomic E-state index is 14.1. The third kappa shape index (κ3) is 4.29. The second kappa shape index (κ2) is 7.74. The summed E-state index contributed by atoms with van der Waals surface area (Å²) in [4.78, 5) is 11.9. The number of benzene rings is 2. The zero-order valence-electron chi connectivity index (χ0n) is 12.1. The molecule has 1 N–H and O–H groups in total. The number of nitrogens with one attached hydrogen (secondary N) is 1. The van der Waals surface area contributed by atoms with E-state index in [2.05, 4.69) is 11.9 Å². The van der Waals surface area contributed by atoms with E-state index in [1.165, 1.54) is 6.08 Å². The van der Waals surface area contributed by atoms with Gasteiger partial charge in [0.25, 0.3) is 0 Å². The van der Waals surface area contributed by atoms with Crippen LogP contribution in [0.4, 0.5) is 13.6 Å². The summed E-state index contributed by atoms with van der Waals surface area (Å²) in [5.74, 6) is -1.41. The lowest BCUT2D eigenvalue weighted by Crippen LogP contribution is -2.32. The summed E-state index contributed by atoms with van der Waals surface area (Å²) in [6.07, 6.45) is 0.715. The third-order valence-electron chi connectivity index (χ3n) is 3.08. The lowest BCUT2D eigenvalue weighted by molar-refractivity contribution is 0.195. The molecule has 3 nitrogen and oxygen atoms in total. The third-order valence-corrected chi connectivity index (χ3v) is 3.37. The summed E-state index contributed by atoms with van der Waals surface area (Å²) in [6, 6.07) is 9.50. The molecule has 0 saturated carbocycles. The number of hydrogen-bond donors (Lipinski definition) is 1. The molecule has 0 heterocycles. The number of carbonyl (C=O) groups is 1. The minimum Gasteiger partial charge on any atom is -0.410 e. The van der Waals surface area contributed by atoms with Crippen molar-refractivity contribution >= 4 is 17.7 Å². The summed E-state index contributed by atoms with van der Waals surface area (Å²) in [7, 11) is 0. The Kier molecular flexibility index (Phi) is 5.71. The molecule has 0 fully saturated rings. The zero-order chi connectivity index (χ0) is 16.8. The molecular formula is C17H14ClF2NO2. The Morgan fingerprint density at radius 2 is 1.96 bits per heavy atom. The molecule has 0 radical (unpaired) electrons. The van der Waals surface area contributed by atoms with E-state index in [0.717, 1.165) is 12.1 Å². The van der Waals surface area contributed by atoms with Gasteiger partial charge in [-0.25, -0.2) is 13.6 Å². The standard InChI is InChI=1S/C17H14ClF2NO2/c1-2-6-14(15-13(19)10-9-12(18)16(15)20)21-17(22)23-11-7-4-3-5-8-11/h2-5,7-10,14H,1,6H2,(H,21,22)/t14-/m0/s1. The van der Waals surface area contributed by atoms with Gasteiger partial charge in [-0.05, 0) is 30.7 Å². The summed E-state index contributed by atoms with van der Waals surface area (Å²) < 4.78 is 33.1.